The van der Waals surface area contributed by atoms with Crippen molar-refractivity contribution in [2.75, 3.05) is 13.7 Å². The molecular weight excluding hydrogens is 283 g/mol. The van der Waals surface area contributed by atoms with Gasteiger partial charge in [-0.05, 0) is 18.2 Å². The molecule has 0 aliphatic rings. The Bertz CT molecular complexity index is 404. The van der Waals surface area contributed by atoms with Gasteiger partial charge in [0.25, 0.3) is 0 Å². The van der Waals surface area contributed by atoms with Gasteiger partial charge in [0.15, 0.2) is 0 Å². The second-order valence-corrected chi connectivity index (χ2v) is 5.23. The Morgan fingerprint density at radius 1 is 1.59 bits per heavy atom. The molecule has 17 heavy (non-hydrogen) atoms. The van der Waals surface area contributed by atoms with E-state index in [-0.39, 0.29) is 12.5 Å². The molecule has 0 fully saturated rings. The average Bonchev–Trinajstić information content (AvgIpc) is 2.32. The van der Waals surface area contributed by atoms with Crippen LogP contribution < -0.4 is 11.3 Å². The third-order valence-corrected chi connectivity index (χ3v) is 3.82. The summed E-state index contributed by atoms with van der Waals surface area (Å²) in [5.41, 5.74) is 2.09. The predicted octanol–water partition coefficient (Wildman–Crippen LogP) is 2.09. The Hall–Kier alpha value is -0.460. The fourth-order valence-electron chi connectivity index (χ4n) is 1.13. The molecule has 0 radical (unpaired) electrons. The highest BCUT2D eigenvalue weighted by Crippen LogP contribution is 2.32. The number of hydrogen-bond acceptors (Lipinski definition) is 4. The van der Waals surface area contributed by atoms with Crippen molar-refractivity contribution in [2.24, 2.45) is 5.84 Å². The van der Waals surface area contributed by atoms with Crippen molar-refractivity contribution < 1.29 is 9.53 Å². The van der Waals surface area contributed by atoms with E-state index in [1.807, 2.05) is 0 Å². The Kier molecular flexibility index (Phi) is 6.08. The van der Waals surface area contributed by atoms with Gasteiger partial charge in [-0.3, -0.25) is 10.2 Å². The number of carbonyl (C=O) groups is 1. The second kappa shape index (κ2) is 7.08. The number of rotatable bonds is 5. The number of benzene rings is 1. The van der Waals surface area contributed by atoms with Crippen LogP contribution in [0.1, 0.15) is 0 Å². The maximum Gasteiger partial charge on any atom is 0.249 e. The van der Waals surface area contributed by atoms with Crippen LogP contribution in [-0.2, 0) is 9.53 Å². The maximum absolute atomic E-state index is 11.5. The van der Waals surface area contributed by atoms with Crippen LogP contribution in [0.25, 0.3) is 0 Å². The van der Waals surface area contributed by atoms with Gasteiger partial charge in [-0.25, -0.2) is 5.84 Å². The van der Waals surface area contributed by atoms with E-state index in [1.54, 1.807) is 18.2 Å². The van der Waals surface area contributed by atoms with Crippen LogP contribution in [0.4, 0.5) is 0 Å². The molecule has 0 aromatic heterocycles. The van der Waals surface area contributed by atoms with Gasteiger partial charge in [0.1, 0.15) is 5.25 Å². The van der Waals surface area contributed by atoms with Crippen LogP contribution in [-0.4, -0.2) is 24.9 Å². The van der Waals surface area contributed by atoms with E-state index in [0.29, 0.717) is 14.9 Å². The number of amides is 1. The van der Waals surface area contributed by atoms with Crippen LogP contribution in [0.2, 0.25) is 10.0 Å². The molecule has 1 rings (SSSR count). The van der Waals surface area contributed by atoms with Crippen molar-refractivity contribution in [3.63, 3.8) is 0 Å². The summed E-state index contributed by atoms with van der Waals surface area (Å²) in [7, 11) is 1.51. The highest BCUT2D eigenvalue weighted by molar-refractivity contribution is 8.00. The number of nitrogens with two attached hydrogens (primary N) is 1. The molecule has 3 N–H and O–H groups in total. The minimum atomic E-state index is -0.471. The first kappa shape index (κ1) is 14.6. The van der Waals surface area contributed by atoms with E-state index in [2.05, 4.69) is 5.43 Å². The molecule has 1 unspecified atom stereocenters. The first-order valence-electron chi connectivity index (χ1n) is 4.69. The van der Waals surface area contributed by atoms with E-state index >= 15 is 0 Å². The summed E-state index contributed by atoms with van der Waals surface area (Å²) >= 11 is 13.1. The number of hydrogen-bond donors (Lipinski definition) is 2. The Morgan fingerprint density at radius 3 is 2.88 bits per heavy atom. The molecule has 0 saturated carbocycles. The SMILES string of the molecule is COCC(Sc1cc(Cl)ccc1Cl)C(=O)NN. The van der Waals surface area contributed by atoms with E-state index < -0.39 is 5.25 Å². The van der Waals surface area contributed by atoms with Crippen molar-refractivity contribution >= 4 is 40.9 Å². The standard InChI is InChI=1S/C10H12Cl2N2O2S/c1-16-5-9(10(15)14-13)17-8-4-6(11)2-3-7(8)12/h2-4,9H,5,13H2,1H3,(H,14,15). The van der Waals surface area contributed by atoms with Gasteiger partial charge < -0.3 is 4.74 Å². The number of carbonyl (C=O) groups excluding carboxylic acids is 1. The molecule has 94 valence electrons. The lowest BCUT2D eigenvalue weighted by atomic mass is 10.4. The van der Waals surface area contributed by atoms with Crippen LogP contribution >= 0.6 is 35.0 Å². The lowest BCUT2D eigenvalue weighted by Gasteiger charge is -2.14. The van der Waals surface area contributed by atoms with Crippen LogP contribution in [0.3, 0.4) is 0 Å². The highest BCUT2D eigenvalue weighted by atomic mass is 35.5. The molecule has 0 aliphatic carbocycles. The first-order valence-corrected chi connectivity index (χ1v) is 6.33. The predicted molar refractivity (Wildman–Crippen MR) is 70.3 cm³/mol. The number of hydrazine groups is 1. The average molecular weight is 295 g/mol. The van der Waals surface area contributed by atoms with Crippen molar-refractivity contribution in [1.29, 1.82) is 0 Å². The van der Waals surface area contributed by atoms with Crippen LogP contribution in [0.5, 0.6) is 0 Å². The fourth-order valence-corrected chi connectivity index (χ4v) is 2.68. The summed E-state index contributed by atoms with van der Waals surface area (Å²) in [5, 5.41) is 0.618. The zero-order valence-electron chi connectivity index (χ0n) is 9.07. The molecule has 1 amide bonds. The molecule has 1 aromatic carbocycles. The zero-order valence-corrected chi connectivity index (χ0v) is 11.4. The summed E-state index contributed by atoms with van der Waals surface area (Å²) in [5.74, 6) is 4.77. The molecule has 7 heteroatoms. The van der Waals surface area contributed by atoms with Crippen molar-refractivity contribution in [1.82, 2.24) is 5.43 Å². The van der Waals surface area contributed by atoms with E-state index in [0.717, 1.165) is 0 Å². The van der Waals surface area contributed by atoms with E-state index in [4.69, 9.17) is 33.8 Å². The van der Waals surface area contributed by atoms with Gasteiger partial charge >= 0.3 is 0 Å². The topological polar surface area (TPSA) is 64.3 Å². The van der Waals surface area contributed by atoms with E-state index in [9.17, 15) is 4.79 Å². The zero-order chi connectivity index (χ0) is 12.8. The van der Waals surface area contributed by atoms with Crippen molar-refractivity contribution in [2.45, 2.75) is 10.1 Å². The summed E-state index contributed by atoms with van der Waals surface area (Å²) < 4.78 is 4.96. The van der Waals surface area contributed by atoms with Gasteiger partial charge in [0.05, 0.1) is 11.6 Å². The smallest absolute Gasteiger partial charge is 0.249 e. The van der Waals surface area contributed by atoms with Gasteiger partial charge in [0, 0.05) is 17.0 Å². The molecular formula is C10H12Cl2N2O2S. The molecule has 0 aliphatic heterocycles. The van der Waals surface area contributed by atoms with Crippen LogP contribution in [0.15, 0.2) is 23.1 Å². The van der Waals surface area contributed by atoms with Gasteiger partial charge in [0.2, 0.25) is 5.91 Å². The van der Waals surface area contributed by atoms with Crippen molar-refractivity contribution in [3.8, 4) is 0 Å². The fraction of sp³-hybridized carbons (Fsp3) is 0.300. The quantitative estimate of drug-likeness (QED) is 0.378. The van der Waals surface area contributed by atoms with Gasteiger partial charge in [-0.2, -0.15) is 0 Å². The summed E-state index contributed by atoms with van der Waals surface area (Å²) in [6, 6.07) is 5.06. The Labute approximate surface area is 114 Å². The number of nitrogens with one attached hydrogen (secondary N) is 1. The van der Waals surface area contributed by atoms with Crippen LogP contribution in [0, 0.1) is 0 Å². The normalized spacial score (nSPS) is 12.2. The molecule has 1 aromatic rings. The second-order valence-electron chi connectivity index (χ2n) is 3.15. The minimum Gasteiger partial charge on any atom is -0.383 e. The Balaban J connectivity index is 2.85. The number of ether oxygens (including phenoxy) is 1. The minimum absolute atomic E-state index is 0.233. The molecule has 4 nitrogen and oxygen atoms in total. The Morgan fingerprint density at radius 2 is 2.29 bits per heavy atom. The maximum atomic E-state index is 11.5. The van der Waals surface area contributed by atoms with E-state index in [1.165, 1.54) is 18.9 Å². The highest BCUT2D eigenvalue weighted by Gasteiger charge is 2.20. The number of methoxy groups -OCH3 is 1. The largest absolute Gasteiger partial charge is 0.383 e. The van der Waals surface area contributed by atoms with Crippen molar-refractivity contribution in [3.05, 3.63) is 28.2 Å². The number of halogens is 2. The molecule has 1 atom stereocenters. The third kappa shape index (κ3) is 4.37. The summed E-state index contributed by atoms with van der Waals surface area (Å²) in [4.78, 5) is 12.2. The molecule has 0 spiro atoms. The summed E-state index contributed by atoms with van der Waals surface area (Å²) in [6.07, 6.45) is 0. The lowest BCUT2D eigenvalue weighted by molar-refractivity contribution is -0.121. The molecule has 0 saturated heterocycles. The monoisotopic (exact) mass is 294 g/mol. The molecule has 0 heterocycles. The van der Waals surface area contributed by atoms with Gasteiger partial charge in [-0.1, -0.05) is 23.2 Å². The first-order chi connectivity index (χ1) is 8.08. The van der Waals surface area contributed by atoms with Gasteiger partial charge in [-0.15, -0.1) is 11.8 Å². The lowest BCUT2D eigenvalue weighted by Crippen LogP contribution is -2.39. The summed E-state index contributed by atoms with van der Waals surface area (Å²) in [6.45, 7) is 0.233. The molecule has 0 bridgehead atoms. The number of thioether (sulfide) groups is 1. The third-order valence-electron chi connectivity index (χ3n) is 1.92.